The van der Waals surface area contributed by atoms with Crippen LogP contribution in [0.15, 0.2) is 59.7 Å². The molecule has 0 saturated carbocycles. The molecule has 2 aromatic carbocycles. The van der Waals surface area contributed by atoms with Crippen molar-refractivity contribution in [2.45, 2.75) is 6.54 Å². The lowest BCUT2D eigenvalue weighted by molar-refractivity contribution is 0.403. The van der Waals surface area contributed by atoms with Gasteiger partial charge >= 0.3 is 5.69 Å². The largest absolute Gasteiger partial charge is 0.504 e. The normalized spacial score (nSPS) is 10.5. The Labute approximate surface area is 137 Å². The summed E-state index contributed by atoms with van der Waals surface area (Å²) in [6.07, 6.45) is 1.27. The van der Waals surface area contributed by atoms with Crippen LogP contribution in [0, 0.1) is 0 Å². The number of phenols is 2. The smallest absolute Gasteiger partial charge is 0.356 e. The van der Waals surface area contributed by atoms with Gasteiger partial charge in [-0.1, -0.05) is 30.3 Å². The highest BCUT2D eigenvalue weighted by atomic mass is 16.3. The number of rotatable bonds is 4. The number of hydrazine groups is 1. The number of anilines is 1. The van der Waals surface area contributed by atoms with Crippen LogP contribution >= 0.6 is 0 Å². The Hall–Kier alpha value is -3.39. The third-order valence-electron chi connectivity index (χ3n) is 3.38. The highest BCUT2D eigenvalue weighted by molar-refractivity contribution is 5.47. The Morgan fingerprint density at radius 2 is 1.83 bits per heavy atom. The Balaban J connectivity index is 1.86. The van der Waals surface area contributed by atoms with Crippen molar-refractivity contribution in [1.82, 2.24) is 14.5 Å². The first-order chi connectivity index (χ1) is 11.5. The van der Waals surface area contributed by atoms with Gasteiger partial charge in [-0.2, -0.15) is 4.98 Å². The average Bonchev–Trinajstić information content (AvgIpc) is 2.58. The van der Waals surface area contributed by atoms with E-state index >= 15 is 0 Å². The zero-order valence-corrected chi connectivity index (χ0v) is 12.6. The van der Waals surface area contributed by atoms with E-state index in [4.69, 9.17) is 5.84 Å². The second kappa shape index (κ2) is 6.39. The van der Waals surface area contributed by atoms with Crippen molar-refractivity contribution in [2.24, 2.45) is 5.84 Å². The van der Waals surface area contributed by atoms with Gasteiger partial charge in [0.2, 0.25) is 5.95 Å². The van der Waals surface area contributed by atoms with E-state index in [0.717, 1.165) is 10.1 Å². The summed E-state index contributed by atoms with van der Waals surface area (Å²) in [4.78, 5) is 20.1. The first kappa shape index (κ1) is 15.5. The highest BCUT2D eigenvalue weighted by Crippen LogP contribution is 2.25. The van der Waals surface area contributed by atoms with Gasteiger partial charge < -0.3 is 10.2 Å². The molecule has 0 saturated heterocycles. The molecule has 0 aliphatic rings. The third-order valence-corrected chi connectivity index (χ3v) is 3.38. The molecule has 3 rings (SSSR count). The maximum Gasteiger partial charge on any atom is 0.356 e. The fourth-order valence-corrected chi connectivity index (χ4v) is 2.16. The number of phenolic OH excluding ortho intramolecular Hbond substituents is 2. The van der Waals surface area contributed by atoms with Gasteiger partial charge in [0.25, 0.3) is 0 Å². The Kier molecular flexibility index (Phi) is 4.13. The molecule has 1 aromatic heterocycles. The van der Waals surface area contributed by atoms with Crippen LogP contribution in [-0.2, 0) is 6.54 Å². The standard InChI is InChI=1S/C16H15N5O3/c17-21(9-11-4-2-1-3-5-11)15-18-10-20(16(24)19-15)12-6-7-13(22)14(23)8-12/h1-8,10,22-23H,9,17H2. The van der Waals surface area contributed by atoms with Crippen LogP contribution in [0.4, 0.5) is 5.95 Å². The number of aromatic nitrogens is 3. The maximum atomic E-state index is 12.2. The van der Waals surface area contributed by atoms with Gasteiger partial charge in [-0.15, -0.1) is 0 Å². The minimum absolute atomic E-state index is 0.0862. The van der Waals surface area contributed by atoms with Crippen molar-refractivity contribution >= 4 is 5.95 Å². The van der Waals surface area contributed by atoms with E-state index < -0.39 is 5.69 Å². The number of hydrogen-bond acceptors (Lipinski definition) is 7. The van der Waals surface area contributed by atoms with Gasteiger partial charge in [0, 0.05) is 6.07 Å². The second-order valence-electron chi connectivity index (χ2n) is 5.10. The van der Waals surface area contributed by atoms with E-state index in [0.29, 0.717) is 12.2 Å². The Morgan fingerprint density at radius 3 is 2.50 bits per heavy atom. The van der Waals surface area contributed by atoms with E-state index in [1.54, 1.807) is 0 Å². The van der Waals surface area contributed by atoms with Crippen molar-refractivity contribution in [2.75, 3.05) is 5.01 Å². The summed E-state index contributed by atoms with van der Waals surface area (Å²) in [6, 6.07) is 13.5. The van der Waals surface area contributed by atoms with Crippen LogP contribution in [0.25, 0.3) is 5.69 Å². The highest BCUT2D eigenvalue weighted by Gasteiger charge is 2.10. The first-order valence-corrected chi connectivity index (χ1v) is 7.09. The minimum Gasteiger partial charge on any atom is -0.504 e. The summed E-state index contributed by atoms with van der Waals surface area (Å²) >= 11 is 0. The molecular weight excluding hydrogens is 310 g/mol. The molecule has 8 heteroatoms. The second-order valence-corrected chi connectivity index (χ2v) is 5.10. The van der Waals surface area contributed by atoms with Gasteiger partial charge in [-0.3, -0.25) is 9.58 Å². The fourth-order valence-electron chi connectivity index (χ4n) is 2.16. The molecule has 0 amide bonds. The summed E-state index contributed by atoms with van der Waals surface area (Å²) in [5, 5.41) is 20.1. The fraction of sp³-hybridized carbons (Fsp3) is 0.0625. The summed E-state index contributed by atoms with van der Waals surface area (Å²) in [6.45, 7) is 0.351. The lowest BCUT2D eigenvalue weighted by Crippen LogP contribution is -2.35. The van der Waals surface area contributed by atoms with E-state index in [2.05, 4.69) is 9.97 Å². The van der Waals surface area contributed by atoms with Crippen molar-refractivity contribution in [3.63, 3.8) is 0 Å². The van der Waals surface area contributed by atoms with Gasteiger partial charge in [-0.05, 0) is 17.7 Å². The molecule has 122 valence electrons. The topological polar surface area (TPSA) is 118 Å². The number of nitrogens with zero attached hydrogens (tertiary/aromatic N) is 4. The number of aromatic hydroxyl groups is 2. The van der Waals surface area contributed by atoms with Crippen molar-refractivity contribution in [3.8, 4) is 17.2 Å². The van der Waals surface area contributed by atoms with Crippen LogP contribution in [0.3, 0.4) is 0 Å². The molecule has 0 bridgehead atoms. The molecule has 4 N–H and O–H groups in total. The molecule has 0 aliphatic carbocycles. The molecule has 0 unspecified atom stereocenters. The first-order valence-electron chi connectivity index (χ1n) is 7.09. The Bertz CT molecular complexity index is 911. The van der Waals surface area contributed by atoms with Gasteiger partial charge in [-0.25, -0.2) is 15.6 Å². The molecule has 8 nitrogen and oxygen atoms in total. The van der Waals surface area contributed by atoms with Gasteiger partial charge in [0.05, 0.1) is 12.2 Å². The summed E-state index contributed by atoms with van der Waals surface area (Å²) in [5.74, 6) is 5.38. The van der Waals surface area contributed by atoms with Crippen LogP contribution in [0.2, 0.25) is 0 Å². The van der Waals surface area contributed by atoms with Crippen molar-refractivity contribution in [3.05, 3.63) is 70.9 Å². The van der Waals surface area contributed by atoms with Crippen molar-refractivity contribution in [1.29, 1.82) is 0 Å². The lowest BCUT2D eigenvalue weighted by atomic mass is 10.2. The predicted molar refractivity (Wildman–Crippen MR) is 87.8 cm³/mol. The van der Waals surface area contributed by atoms with E-state index in [1.807, 2.05) is 30.3 Å². The van der Waals surface area contributed by atoms with Crippen LogP contribution in [-0.4, -0.2) is 24.7 Å². The molecule has 24 heavy (non-hydrogen) atoms. The van der Waals surface area contributed by atoms with Gasteiger partial charge in [0.1, 0.15) is 6.33 Å². The predicted octanol–water partition coefficient (Wildman–Crippen LogP) is 0.919. The molecule has 0 fully saturated rings. The molecule has 0 aliphatic heterocycles. The van der Waals surface area contributed by atoms with Crippen LogP contribution in [0.1, 0.15) is 5.56 Å². The van der Waals surface area contributed by atoms with E-state index in [-0.39, 0.29) is 17.4 Å². The quantitative estimate of drug-likeness (QED) is 0.371. The maximum absolute atomic E-state index is 12.2. The minimum atomic E-state index is -0.603. The Morgan fingerprint density at radius 1 is 1.08 bits per heavy atom. The number of benzene rings is 2. The molecule has 1 heterocycles. The van der Waals surface area contributed by atoms with Gasteiger partial charge in [0.15, 0.2) is 11.5 Å². The molecule has 0 atom stereocenters. The SMILES string of the molecule is NN(Cc1ccccc1)c1ncn(-c2ccc(O)c(O)c2)c(=O)n1. The molecule has 0 radical (unpaired) electrons. The third kappa shape index (κ3) is 3.18. The van der Waals surface area contributed by atoms with Crippen LogP contribution in [0.5, 0.6) is 11.5 Å². The van der Waals surface area contributed by atoms with E-state index in [1.165, 1.54) is 29.5 Å². The van der Waals surface area contributed by atoms with Crippen molar-refractivity contribution < 1.29 is 10.2 Å². The zero-order valence-electron chi connectivity index (χ0n) is 12.6. The monoisotopic (exact) mass is 325 g/mol. The molecule has 3 aromatic rings. The summed E-state index contributed by atoms with van der Waals surface area (Å²) in [5.41, 5.74) is 0.679. The zero-order chi connectivity index (χ0) is 17.1. The average molecular weight is 325 g/mol. The summed E-state index contributed by atoms with van der Waals surface area (Å²) in [7, 11) is 0. The number of hydrogen-bond donors (Lipinski definition) is 3. The molecule has 0 spiro atoms. The lowest BCUT2D eigenvalue weighted by Gasteiger charge is -2.16. The summed E-state index contributed by atoms with van der Waals surface area (Å²) < 4.78 is 1.14. The molecular formula is C16H15N5O3. The van der Waals surface area contributed by atoms with E-state index in [9.17, 15) is 15.0 Å². The van der Waals surface area contributed by atoms with Crippen LogP contribution < -0.4 is 16.5 Å². The number of nitrogens with two attached hydrogens (primary N) is 1.